The molecule has 1 atom stereocenters. The number of methoxy groups -OCH3 is 1. The van der Waals surface area contributed by atoms with Gasteiger partial charge in [0.25, 0.3) is 0 Å². The summed E-state index contributed by atoms with van der Waals surface area (Å²) in [7, 11) is 1.72. The van der Waals surface area contributed by atoms with E-state index in [-0.39, 0.29) is 0 Å². The first-order valence-electron chi connectivity index (χ1n) is 8.22. The number of benzene rings is 1. The van der Waals surface area contributed by atoms with Gasteiger partial charge >= 0.3 is 0 Å². The second-order valence-corrected chi connectivity index (χ2v) is 6.43. The van der Waals surface area contributed by atoms with Crippen molar-refractivity contribution in [1.82, 2.24) is 10.2 Å². The van der Waals surface area contributed by atoms with E-state index in [1.165, 1.54) is 38.0 Å². The van der Waals surface area contributed by atoms with Crippen molar-refractivity contribution in [3.63, 3.8) is 0 Å². The van der Waals surface area contributed by atoms with Gasteiger partial charge in [0, 0.05) is 18.6 Å². The van der Waals surface area contributed by atoms with E-state index in [1.54, 1.807) is 7.11 Å². The summed E-state index contributed by atoms with van der Waals surface area (Å²) < 4.78 is 5.26. The van der Waals surface area contributed by atoms with Crippen LogP contribution in [0.25, 0.3) is 0 Å². The summed E-state index contributed by atoms with van der Waals surface area (Å²) in [6.45, 7) is 10.5. The lowest BCUT2D eigenvalue weighted by molar-refractivity contribution is 0.125. The third-order valence-corrected chi connectivity index (χ3v) is 4.69. The number of piperidine rings is 1. The molecule has 118 valence electrons. The Morgan fingerprint density at radius 2 is 1.76 bits per heavy atom. The minimum absolute atomic E-state index is 0.450. The molecule has 3 heteroatoms. The molecule has 0 aliphatic carbocycles. The minimum Gasteiger partial charge on any atom is -0.497 e. The van der Waals surface area contributed by atoms with Crippen molar-refractivity contribution in [2.24, 2.45) is 5.92 Å². The highest BCUT2D eigenvalue weighted by Gasteiger charge is 2.23. The molecule has 1 aromatic carbocycles. The van der Waals surface area contributed by atoms with Crippen LogP contribution in [-0.2, 0) is 0 Å². The molecule has 0 aromatic heterocycles. The zero-order chi connectivity index (χ0) is 15.2. The van der Waals surface area contributed by atoms with Gasteiger partial charge in [-0.3, -0.25) is 4.90 Å². The van der Waals surface area contributed by atoms with E-state index in [2.05, 4.69) is 55.3 Å². The van der Waals surface area contributed by atoms with E-state index in [4.69, 9.17) is 4.74 Å². The quantitative estimate of drug-likeness (QED) is 0.868. The van der Waals surface area contributed by atoms with Gasteiger partial charge in [0.2, 0.25) is 0 Å². The predicted octanol–water partition coefficient (Wildman–Crippen LogP) is 3.47. The van der Waals surface area contributed by atoms with Crippen molar-refractivity contribution in [2.45, 2.75) is 45.7 Å². The molecule has 2 rings (SSSR count). The van der Waals surface area contributed by atoms with Gasteiger partial charge in [-0.15, -0.1) is 0 Å². The fraction of sp³-hybridized carbons (Fsp3) is 0.667. The minimum atomic E-state index is 0.450. The molecule has 1 heterocycles. The molecule has 0 radical (unpaired) electrons. The van der Waals surface area contributed by atoms with Crippen molar-refractivity contribution < 1.29 is 4.74 Å². The van der Waals surface area contributed by atoms with Crippen LogP contribution in [0, 0.1) is 5.92 Å². The van der Waals surface area contributed by atoms with Gasteiger partial charge < -0.3 is 10.1 Å². The van der Waals surface area contributed by atoms with E-state index in [0.29, 0.717) is 12.1 Å². The Hall–Kier alpha value is -1.06. The number of hydrogen-bond acceptors (Lipinski definition) is 3. The lowest BCUT2D eigenvalue weighted by atomic mass is 9.95. The maximum absolute atomic E-state index is 5.26. The summed E-state index contributed by atoms with van der Waals surface area (Å²) in [6, 6.07) is 9.54. The molecule has 0 saturated carbocycles. The monoisotopic (exact) mass is 290 g/mol. The smallest absolute Gasteiger partial charge is 0.118 e. The second-order valence-electron chi connectivity index (χ2n) is 6.43. The van der Waals surface area contributed by atoms with E-state index >= 15 is 0 Å². The average molecular weight is 290 g/mol. The largest absolute Gasteiger partial charge is 0.497 e. The molecule has 1 unspecified atom stereocenters. The molecular formula is C18H30N2O. The van der Waals surface area contributed by atoms with Crippen LogP contribution in [0.1, 0.15) is 45.2 Å². The Balaban J connectivity index is 2.04. The lowest BCUT2D eigenvalue weighted by Gasteiger charge is -2.37. The van der Waals surface area contributed by atoms with E-state index in [9.17, 15) is 0 Å². The molecule has 0 spiro atoms. The molecule has 1 saturated heterocycles. The highest BCUT2D eigenvalue weighted by molar-refractivity contribution is 5.29. The summed E-state index contributed by atoms with van der Waals surface area (Å²) in [5.74, 6) is 1.76. The summed E-state index contributed by atoms with van der Waals surface area (Å²) in [5.41, 5.74) is 1.37. The van der Waals surface area contributed by atoms with Gasteiger partial charge in [-0.1, -0.05) is 12.1 Å². The summed E-state index contributed by atoms with van der Waals surface area (Å²) in [6.07, 6.45) is 2.61. The molecule has 3 nitrogen and oxygen atoms in total. The van der Waals surface area contributed by atoms with Crippen molar-refractivity contribution in [1.29, 1.82) is 0 Å². The topological polar surface area (TPSA) is 24.5 Å². The van der Waals surface area contributed by atoms with Gasteiger partial charge in [0.15, 0.2) is 0 Å². The standard InChI is InChI=1S/C18H30N2O/c1-14(2)20(13-16-9-11-19-12-10-16)15(3)17-5-7-18(21-4)8-6-17/h5-8,14-16,19H,9-13H2,1-4H3. The van der Waals surface area contributed by atoms with Crippen LogP contribution in [0.15, 0.2) is 24.3 Å². The maximum atomic E-state index is 5.26. The van der Waals surface area contributed by atoms with Crippen molar-refractivity contribution in [2.75, 3.05) is 26.7 Å². The lowest BCUT2D eigenvalue weighted by Crippen LogP contribution is -2.40. The molecule has 0 bridgehead atoms. The Kier molecular flexibility index (Phi) is 6.07. The van der Waals surface area contributed by atoms with Gasteiger partial charge in [0.1, 0.15) is 5.75 Å². The zero-order valence-corrected chi connectivity index (χ0v) is 13.9. The zero-order valence-electron chi connectivity index (χ0n) is 13.9. The van der Waals surface area contributed by atoms with Gasteiger partial charge in [0.05, 0.1) is 7.11 Å². The van der Waals surface area contributed by atoms with Crippen LogP contribution in [0.3, 0.4) is 0 Å². The van der Waals surface area contributed by atoms with Crippen LogP contribution in [0.5, 0.6) is 5.75 Å². The second kappa shape index (κ2) is 7.81. The molecule has 1 aromatic rings. The molecule has 1 aliphatic rings. The van der Waals surface area contributed by atoms with Crippen LogP contribution < -0.4 is 10.1 Å². The number of rotatable bonds is 6. The molecule has 1 N–H and O–H groups in total. The van der Waals surface area contributed by atoms with Crippen molar-refractivity contribution in [3.8, 4) is 5.75 Å². The van der Waals surface area contributed by atoms with Crippen LogP contribution >= 0.6 is 0 Å². The fourth-order valence-corrected chi connectivity index (χ4v) is 3.25. The van der Waals surface area contributed by atoms with Crippen molar-refractivity contribution in [3.05, 3.63) is 29.8 Å². The first-order valence-corrected chi connectivity index (χ1v) is 8.22. The highest BCUT2D eigenvalue weighted by Crippen LogP contribution is 2.27. The predicted molar refractivity (Wildman–Crippen MR) is 88.8 cm³/mol. The summed E-state index contributed by atoms with van der Waals surface area (Å²) >= 11 is 0. The number of nitrogens with one attached hydrogen (secondary N) is 1. The molecular weight excluding hydrogens is 260 g/mol. The molecule has 1 fully saturated rings. The number of ether oxygens (including phenoxy) is 1. The number of hydrogen-bond donors (Lipinski definition) is 1. The first kappa shape index (κ1) is 16.3. The van der Waals surface area contributed by atoms with Crippen LogP contribution in [-0.4, -0.2) is 37.7 Å². The Bertz CT molecular complexity index is 410. The first-order chi connectivity index (χ1) is 10.1. The van der Waals surface area contributed by atoms with Gasteiger partial charge in [-0.25, -0.2) is 0 Å². The Morgan fingerprint density at radius 3 is 2.29 bits per heavy atom. The van der Waals surface area contributed by atoms with Gasteiger partial charge in [-0.05, 0) is 70.3 Å². The summed E-state index contributed by atoms with van der Waals surface area (Å²) in [4.78, 5) is 2.64. The van der Waals surface area contributed by atoms with Gasteiger partial charge in [-0.2, -0.15) is 0 Å². The Labute approximate surface area is 129 Å². The SMILES string of the molecule is COc1ccc(C(C)N(CC2CCNCC2)C(C)C)cc1. The van der Waals surface area contributed by atoms with Crippen LogP contribution in [0.4, 0.5) is 0 Å². The number of nitrogens with zero attached hydrogens (tertiary/aromatic N) is 1. The maximum Gasteiger partial charge on any atom is 0.118 e. The van der Waals surface area contributed by atoms with E-state index in [0.717, 1.165) is 11.7 Å². The Morgan fingerprint density at radius 1 is 1.14 bits per heavy atom. The van der Waals surface area contributed by atoms with E-state index in [1.807, 2.05) is 0 Å². The molecule has 21 heavy (non-hydrogen) atoms. The third kappa shape index (κ3) is 4.45. The third-order valence-electron chi connectivity index (χ3n) is 4.69. The fourth-order valence-electron chi connectivity index (χ4n) is 3.25. The summed E-state index contributed by atoms with van der Waals surface area (Å²) in [5, 5.41) is 3.46. The van der Waals surface area contributed by atoms with E-state index < -0.39 is 0 Å². The average Bonchev–Trinajstić information content (AvgIpc) is 2.53. The normalized spacial score (nSPS) is 18.2. The molecule has 0 amide bonds. The van der Waals surface area contributed by atoms with Crippen molar-refractivity contribution >= 4 is 0 Å². The highest BCUT2D eigenvalue weighted by atomic mass is 16.5. The van der Waals surface area contributed by atoms with Crippen LogP contribution in [0.2, 0.25) is 0 Å². The molecule has 1 aliphatic heterocycles.